The lowest BCUT2D eigenvalue weighted by Gasteiger charge is -1.91. The monoisotopic (exact) mass is 195 g/mol. The molecule has 5 nitrogen and oxygen atoms in total. The van der Waals surface area contributed by atoms with Gasteiger partial charge in [-0.25, -0.2) is 14.8 Å². The molecule has 0 atom stereocenters. The average molecular weight is 195 g/mol. The molecule has 6 heteroatoms. The molecule has 0 aliphatic rings. The van der Waals surface area contributed by atoms with E-state index in [1.807, 2.05) is 5.38 Å². The third-order valence-electron chi connectivity index (χ3n) is 1.44. The largest absolute Gasteiger partial charge is 0.476 e. The standard InChI is InChI=1S/C7H5N3O2S/c11-6(12)5-3-10(4-9-5)7-8-1-2-13-7/h1-4H,(H,11,12). The Hall–Kier alpha value is -1.69. The summed E-state index contributed by atoms with van der Waals surface area (Å²) in [6.45, 7) is 0. The fraction of sp³-hybridized carbons (Fsp3) is 0. The number of rotatable bonds is 2. The maximum absolute atomic E-state index is 10.5. The van der Waals surface area contributed by atoms with Crippen LogP contribution in [-0.4, -0.2) is 25.6 Å². The van der Waals surface area contributed by atoms with Crippen molar-refractivity contribution >= 4 is 17.3 Å². The topological polar surface area (TPSA) is 68.0 Å². The van der Waals surface area contributed by atoms with Gasteiger partial charge in [0.1, 0.15) is 6.33 Å². The molecule has 0 aliphatic heterocycles. The van der Waals surface area contributed by atoms with Crippen molar-refractivity contribution in [3.63, 3.8) is 0 Å². The zero-order chi connectivity index (χ0) is 9.26. The molecule has 2 aromatic heterocycles. The Labute approximate surface area is 77.3 Å². The highest BCUT2D eigenvalue weighted by atomic mass is 32.1. The zero-order valence-corrected chi connectivity index (χ0v) is 7.23. The molecule has 2 aromatic rings. The van der Waals surface area contributed by atoms with Crippen LogP contribution in [0.4, 0.5) is 0 Å². The molecule has 0 radical (unpaired) electrons. The van der Waals surface area contributed by atoms with Gasteiger partial charge in [-0.3, -0.25) is 4.57 Å². The number of imidazole rings is 1. The van der Waals surface area contributed by atoms with Gasteiger partial charge in [0, 0.05) is 17.8 Å². The number of hydrogen-bond donors (Lipinski definition) is 1. The molecule has 0 aliphatic carbocycles. The third kappa shape index (κ3) is 1.43. The van der Waals surface area contributed by atoms with E-state index < -0.39 is 5.97 Å². The summed E-state index contributed by atoms with van der Waals surface area (Å²) in [5.41, 5.74) is 0.0233. The molecule has 0 saturated heterocycles. The molecule has 2 rings (SSSR count). The van der Waals surface area contributed by atoms with Crippen molar-refractivity contribution in [2.75, 3.05) is 0 Å². The highest BCUT2D eigenvalue weighted by Gasteiger charge is 2.07. The van der Waals surface area contributed by atoms with Gasteiger partial charge >= 0.3 is 5.97 Å². The fourth-order valence-electron chi connectivity index (χ4n) is 0.881. The number of carbonyl (C=O) groups is 1. The number of thiazole rings is 1. The minimum Gasteiger partial charge on any atom is -0.476 e. The van der Waals surface area contributed by atoms with Gasteiger partial charge in [-0.15, -0.1) is 11.3 Å². The Balaban J connectivity index is 2.39. The summed E-state index contributed by atoms with van der Waals surface area (Å²) < 4.78 is 1.58. The third-order valence-corrected chi connectivity index (χ3v) is 2.23. The number of carboxylic acid groups (broad SMARTS) is 1. The molecule has 66 valence electrons. The molecule has 0 unspecified atom stereocenters. The first-order valence-corrected chi connectivity index (χ1v) is 4.32. The van der Waals surface area contributed by atoms with Crippen molar-refractivity contribution < 1.29 is 9.90 Å². The van der Waals surface area contributed by atoms with E-state index in [2.05, 4.69) is 9.97 Å². The SMILES string of the molecule is O=C(O)c1cn(-c2nccs2)cn1. The molecule has 0 amide bonds. The molecule has 0 saturated carbocycles. The summed E-state index contributed by atoms with van der Waals surface area (Å²) in [4.78, 5) is 18.2. The van der Waals surface area contributed by atoms with Crippen LogP contribution in [-0.2, 0) is 0 Å². The van der Waals surface area contributed by atoms with E-state index in [0.717, 1.165) is 0 Å². The minimum absolute atomic E-state index is 0.0233. The lowest BCUT2D eigenvalue weighted by molar-refractivity contribution is 0.0691. The van der Waals surface area contributed by atoms with Crippen molar-refractivity contribution in [3.8, 4) is 5.13 Å². The summed E-state index contributed by atoms with van der Waals surface area (Å²) in [5, 5.41) is 11.1. The lowest BCUT2D eigenvalue weighted by Crippen LogP contribution is -1.95. The van der Waals surface area contributed by atoms with Crippen LogP contribution in [0.3, 0.4) is 0 Å². The fourth-order valence-corrected chi connectivity index (χ4v) is 1.47. The number of aromatic nitrogens is 3. The first-order valence-electron chi connectivity index (χ1n) is 3.44. The van der Waals surface area contributed by atoms with Crippen LogP contribution >= 0.6 is 11.3 Å². The highest BCUT2D eigenvalue weighted by Crippen LogP contribution is 2.11. The summed E-state index contributed by atoms with van der Waals surface area (Å²) in [6.07, 6.45) is 4.52. The number of hydrogen-bond acceptors (Lipinski definition) is 4. The smallest absolute Gasteiger partial charge is 0.356 e. The first-order chi connectivity index (χ1) is 6.27. The lowest BCUT2D eigenvalue weighted by atomic mass is 10.5. The van der Waals surface area contributed by atoms with Crippen LogP contribution in [0.1, 0.15) is 10.5 Å². The molecule has 0 aromatic carbocycles. The van der Waals surface area contributed by atoms with E-state index in [1.54, 1.807) is 10.8 Å². The summed E-state index contributed by atoms with van der Waals surface area (Å²) in [6, 6.07) is 0. The van der Waals surface area contributed by atoms with Gasteiger partial charge in [0.2, 0.25) is 0 Å². The van der Waals surface area contributed by atoms with E-state index in [9.17, 15) is 4.79 Å². The molecule has 0 spiro atoms. The van der Waals surface area contributed by atoms with E-state index in [-0.39, 0.29) is 5.69 Å². The van der Waals surface area contributed by atoms with Crippen molar-refractivity contribution in [3.05, 3.63) is 29.8 Å². The van der Waals surface area contributed by atoms with Gasteiger partial charge < -0.3 is 5.11 Å². The first kappa shape index (κ1) is 7.93. The predicted molar refractivity (Wildman–Crippen MR) is 46.2 cm³/mol. The Kier molecular flexibility index (Phi) is 1.82. The van der Waals surface area contributed by atoms with Gasteiger partial charge in [0.25, 0.3) is 0 Å². The van der Waals surface area contributed by atoms with Crippen LogP contribution in [0.5, 0.6) is 0 Å². The molecule has 0 bridgehead atoms. The van der Waals surface area contributed by atoms with Gasteiger partial charge in [0.15, 0.2) is 10.8 Å². The second-order valence-corrected chi connectivity index (χ2v) is 3.16. The predicted octanol–water partition coefficient (Wildman–Crippen LogP) is 1.03. The van der Waals surface area contributed by atoms with Crippen LogP contribution in [0.15, 0.2) is 24.1 Å². The van der Waals surface area contributed by atoms with Crippen LogP contribution < -0.4 is 0 Å². The van der Waals surface area contributed by atoms with Crippen molar-refractivity contribution in [2.45, 2.75) is 0 Å². The van der Waals surface area contributed by atoms with Gasteiger partial charge in [-0.05, 0) is 0 Å². The molecular weight excluding hydrogens is 190 g/mol. The Bertz CT molecular complexity index is 421. The molecule has 13 heavy (non-hydrogen) atoms. The van der Waals surface area contributed by atoms with Gasteiger partial charge in [-0.2, -0.15) is 0 Å². The van der Waals surface area contributed by atoms with E-state index in [4.69, 9.17) is 5.11 Å². The van der Waals surface area contributed by atoms with Crippen LogP contribution in [0.2, 0.25) is 0 Å². The summed E-state index contributed by atoms with van der Waals surface area (Å²) >= 11 is 1.42. The maximum Gasteiger partial charge on any atom is 0.356 e. The number of carboxylic acids is 1. The maximum atomic E-state index is 10.5. The van der Waals surface area contributed by atoms with Crippen molar-refractivity contribution in [1.29, 1.82) is 0 Å². The number of aromatic carboxylic acids is 1. The second-order valence-electron chi connectivity index (χ2n) is 2.29. The molecule has 1 N–H and O–H groups in total. The zero-order valence-electron chi connectivity index (χ0n) is 6.41. The Morgan fingerprint density at radius 3 is 2.92 bits per heavy atom. The van der Waals surface area contributed by atoms with Crippen molar-refractivity contribution in [2.24, 2.45) is 0 Å². The van der Waals surface area contributed by atoms with E-state index >= 15 is 0 Å². The summed E-state index contributed by atoms with van der Waals surface area (Å²) in [7, 11) is 0. The molecule has 0 fully saturated rings. The Morgan fingerprint density at radius 2 is 2.38 bits per heavy atom. The van der Waals surface area contributed by atoms with Crippen LogP contribution in [0, 0.1) is 0 Å². The normalized spacial score (nSPS) is 10.2. The second kappa shape index (κ2) is 2.98. The highest BCUT2D eigenvalue weighted by molar-refractivity contribution is 7.12. The van der Waals surface area contributed by atoms with E-state index in [1.165, 1.54) is 23.9 Å². The van der Waals surface area contributed by atoms with E-state index in [0.29, 0.717) is 5.13 Å². The van der Waals surface area contributed by atoms with Crippen LogP contribution in [0.25, 0.3) is 5.13 Å². The molecular formula is C7H5N3O2S. The summed E-state index contributed by atoms with van der Waals surface area (Å²) in [5.74, 6) is -1.03. The minimum atomic E-state index is -1.03. The van der Waals surface area contributed by atoms with Crippen molar-refractivity contribution in [1.82, 2.24) is 14.5 Å². The Morgan fingerprint density at radius 1 is 1.54 bits per heavy atom. The van der Waals surface area contributed by atoms with Gasteiger partial charge in [-0.1, -0.05) is 0 Å². The quantitative estimate of drug-likeness (QED) is 0.777. The number of nitrogens with zero attached hydrogens (tertiary/aromatic N) is 3. The average Bonchev–Trinajstić information content (AvgIpc) is 2.75. The van der Waals surface area contributed by atoms with Gasteiger partial charge in [0.05, 0.1) is 0 Å². The molecule has 2 heterocycles.